The van der Waals surface area contributed by atoms with Crippen LogP contribution in [0.25, 0.3) is 10.8 Å². The lowest BCUT2D eigenvalue weighted by Crippen LogP contribution is -3.00. The molecule has 144 valence electrons. The normalized spacial score (nSPS) is 18.4. The zero-order chi connectivity index (χ0) is 19.2. The summed E-state index contributed by atoms with van der Waals surface area (Å²) >= 11 is 0. The summed E-state index contributed by atoms with van der Waals surface area (Å²) in [5, 5.41) is 13.0. The molecule has 0 radical (unpaired) electrons. The number of allylic oxidation sites excluding steroid dienone is 1. The molecule has 0 aliphatic carbocycles. The van der Waals surface area contributed by atoms with E-state index in [-0.39, 0.29) is 18.2 Å². The van der Waals surface area contributed by atoms with Gasteiger partial charge in [0.25, 0.3) is 0 Å². The fourth-order valence-electron chi connectivity index (χ4n) is 3.70. The molecule has 0 spiro atoms. The first kappa shape index (κ1) is 19.9. The molecule has 4 rings (SSSR count). The fourth-order valence-corrected chi connectivity index (χ4v) is 3.70. The quantitative estimate of drug-likeness (QED) is 0.519. The number of fused-ring (bicyclic) bond motifs is 1. The van der Waals surface area contributed by atoms with E-state index < -0.39 is 5.54 Å². The van der Waals surface area contributed by atoms with E-state index >= 15 is 0 Å². The van der Waals surface area contributed by atoms with Crippen LogP contribution in [0.15, 0.2) is 71.7 Å². The van der Waals surface area contributed by atoms with E-state index in [0.717, 1.165) is 27.6 Å². The van der Waals surface area contributed by atoms with Gasteiger partial charge in [0.15, 0.2) is 0 Å². The molecule has 0 saturated carbocycles. The van der Waals surface area contributed by atoms with E-state index in [4.69, 9.17) is 10.7 Å². The van der Waals surface area contributed by atoms with Gasteiger partial charge in [0.1, 0.15) is 17.0 Å². The Bertz CT molecular complexity index is 1070. The number of anilines is 1. The molecule has 1 aliphatic rings. The van der Waals surface area contributed by atoms with Crippen LogP contribution >= 0.6 is 0 Å². The molecule has 4 nitrogen and oxygen atoms in total. The number of nitrogen functional groups attached to an aromatic ring is 1. The van der Waals surface area contributed by atoms with Gasteiger partial charge in [-0.25, -0.2) is 0 Å². The topological polar surface area (TPSA) is 58.6 Å². The van der Waals surface area contributed by atoms with Gasteiger partial charge >= 0.3 is 0 Å². The molecule has 0 saturated heterocycles. The van der Waals surface area contributed by atoms with Crippen molar-refractivity contribution < 1.29 is 17.5 Å². The number of benzene rings is 3. The van der Waals surface area contributed by atoms with Crippen molar-refractivity contribution in [1.29, 1.82) is 0 Å². The van der Waals surface area contributed by atoms with E-state index in [0.29, 0.717) is 10.2 Å². The van der Waals surface area contributed by atoms with E-state index in [1.54, 1.807) is 12.3 Å². The fraction of sp³-hybridized carbons (Fsp3) is 0.174. The van der Waals surface area contributed by atoms with E-state index in [1.807, 2.05) is 42.5 Å². The van der Waals surface area contributed by atoms with Crippen LogP contribution in [0.5, 0.6) is 5.75 Å². The van der Waals surface area contributed by atoms with Crippen LogP contribution in [-0.4, -0.2) is 32.5 Å². The van der Waals surface area contributed by atoms with E-state index in [9.17, 15) is 5.11 Å². The second kappa shape index (κ2) is 6.97. The van der Waals surface area contributed by atoms with Crippen LogP contribution in [0.1, 0.15) is 11.1 Å². The van der Waals surface area contributed by atoms with Crippen molar-refractivity contribution in [1.82, 2.24) is 4.48 Å². The number of hydrogen-bond donors (Lipinski definition) is 2. The number of phenolic OH excluding ortho intramolecular Hbond substituents is 1. The molecule has 0 bridgehead atoms. The van der Waals surface area contributed by atoms with Gasteiger partial charge in [-0.15, -0.1) is 0 Å². The Morgan fingerprint density at radius 3 is 2.25 bits per heavy atom. The van der Waals surface area contributed by atoms with Crippen LogP contribution in [0, 0.1) is 0 Å². The Hall–Kier alpha value is -2.82. The van der Waals surface area contributed by atoms with Crippen molar-refractivity contribution >= 4 is 28.4 Å². The van der Waals surface area contributed by atoms with Crippen LogP contribution in [0.4, 0.5) is 11.4 Å². The minimum absolute atomic E-state index is 0. The number of nitrogens with two attached hydrogens (primary N) is 1. The first-order chi connectivity index (χ1) is 12.8. The maximum Gasteiger partial charge on any atom is 0.133 e. The second-order valence-corrected chi connectivity index (χ2v) is 7.90. The predicted molar refractivity (Wildman–Crippen MR) is 114 cm³/mol. The molecule has 3 N–H and O–H groups in total. The Balaban J connectivity index is 0.00000225. The Kier molecular flexibility index (Phi) is 4.96. The lowest BCUT2D eigenvalue weighted by Gasteiger charge is -2.29. The number of phenols is 1. The number of hydrogen-bond acceptors (Lipinski definition) is 3. The molecule has 0 fully saturated rings. The zero-order valence-electron chi connectivity index (χ0n) is 16.2. The molecule has 3 aromatic carbocycles. The van der Waals surface area contributed by atoms with Gasteiger partial charge in [0, 0.05) is 23.5 Å². The Labute approximate surface area is 171 Å². The smallest absolute Gasteiger partial charge is 0.133 e. The van der Waals surface area contributed by atoms with Crippen molar-refractivity contribution in [2.45, 2.75) is 5.54 Å². The standard InChI is InChI=1S/C23H23N3O.ClH/c1-26(2,3)19-11-5-16-6-12-21(27)22(20(16)15-19)23(13-4-14-25-23)17-7-9-18(24)10-8-17;/h4-15H,24H2,1-3H3;1H. The van der Waals surface area contributed by atoms with Crippen LogP contribution in [0.3, 0.4) is 0 Å². The molecule has 1 atom stereocenters. The molecule has 0 amide bonds. The van der Waals surface area contributed by atoms with E-state index in [2.05, 4.69) is 39.3 Å². The Morgan fingerprint density at radius 1 is 0.964 bits per heavy atom. The number of nitrogens with zero attached hydrogens (tertiary/aromatic N) is 2. The van der Waals surface area contributed by atoms with E-state index in [1.165, 1.54) is 0 Å². The molecule has 1 heterocycles. The summed E-state index contributed by atoms with van der Waals surface area (Å²) < 4.78 is 0.693. The first-order valence-electron chi connectivity index (χ1n) is 8.98. The predicted octanol–water partition coefficient (Wildman–Crippen LogP) is 1.21. The van der Waals surface area contributed by atoms with Gasteiger partial charge in [0.05, 0.1) is 21.1 Å². The summed E-state index contributed by atoms with van der Waals surface area (Å²) in [4.78, 5) is 4.80. The molecule has 5 heteroatoms. The lowest BCUT2D eigenvalue weighted by molar-refractivity contribution is -0.00000669. The van der Waals surface area contributed by atoms with Crippen molar-refractivity contribution in [2.24, 2.45) is 4.99 Å². The summed E-state index contributed by atoms with van der Waals surface area (Å²) in [6.07, 6.45) is 5.75. The molecule has 3 aromatic rings. The summed E-state index contributed by atoms with van der Waals surface area (Å²) in [5.74, 6) is 0.238. The summed E-state index contributed by atoms with van der Waals surface area (Å²) in [5.41, 5.74) is 8.76. The summed E-state index contributed by atoms with van der Waals surface area (Å²) in [7, 11) is 6.40. The number of aliphatic imine (C=N–C) groups is 1. The third kappa shape index (κ3) is 3.15. The average Bonchev–Trinajstić information content (AvgIpc) is 3.11. The largest absolute Gasteiger partial charge is 1.00 e. The number of halogens is 1. The molecule has 1 unspecified atom stereocenters. The number of quaternary nitrogens is 1. The minimum Gasteiger partial charge on any atom is -1.00 e. The number of rotatable bonds is 3. The highest BCUT2D eigenvalue weighted by molar-refractivity contribution is 5.93. The lowest BCUT2D eigenvalue weighted by atomic mass is 9.80. The third-order valence-corrected chi connectivity index (χ3v) is 5.19. The van der Waals surface area contributed by atoms with Crippen LogP contribution in [0.2, 0.25) is 0 Å². The maximum absolute atomic E-state index is 10.9. The van der Waals surface area contributed by atoms with Crippen molar-refractivity contribution in [3.8, 4) is 5.75 Å². The molecule has 28 heavy (non-hydrogen) atoms. The molecule has 1 aliphatic heterocycles. The van der Waals surface area contributed by atoms with Crippen molar-refractivity contribution in [2.75, 3.05) is 26.9 Å². The van der Waals surface area contributed by atoms with Crippen LogP contribution < -0.4 is 22.6 Å². The van der Waals surface area contributed by atoms with Gasteiger partial charge in [0.2, 0.25) is 0 Å². The summed E-state index contributed by atoms with van der Waals surface area (Å²) in [6, 6.07) is 17.8. The molecule has 0 aromatic heterocycles. The number of aromatic hydroxyl groups is 1. The van der Waals surface area contributed by atoms with Gasteiger partial charge in [-0.3, -0.25) is 9.48 Å². The molecular formula is C23H24ClN3O. The highest BCUT2D eigenvalue weighted by Crippen LogP contribution is 2.46. The van der Waals surface area contributed by atoms with Crippen molar-refractivity contribution in [3.05, 3.63) is 77.9 Å². The summed E-state index contributed by atoms with van der Waals surface area (Å²) in [6.45, 7) is 0. The highest BCUT2D eigenvalue weighted by Gasteiger charge is 2.37. The average molecular weight is 394 g/mol. The van der Waals surface area contributed by atoms with Crippen LogP contribution in [-0.2, 0) is 5.54 Å². The minimum atomic E-state index is -0.763. The molecular weight excluding hydrogens is 370 g/mol. The second-order valence-electron chi connectivity index (χ2n) is 7.90. The SMILES string of the molecule is C[N+](C)(C)c1ccc2ccc(O)c(C3(c4ccc(N)cc4)C=CC=N3)c2c1.[Cl-]. The van der Waals surface area contributed by atoms with Crippen molar-refractivity contribution in [3.63, 3.8) is 0 Å². The zero-order valence-corrected chi connectivity index (χ0v) is 17.0. The van der Waals surface area contributed by atoms with Gasteiger partial charge in [-0.1, -0.05) is 18.2 Å². The van der Waals surface area contributed by atoms with Gasteiger partial charge in [-0.05, 0) is 58.8 Å². The third-order valence-electron chi connectivity index (χ3n) is 5.19. The van der Waals surface area contributed by atoms with Gasteiger partial charge < -0.3 is 23.2 Å². The van der Waals surface area contributed by atoms with Gasteiger partial charge in [-0.2, -0.15) is 0 Å². The first-order valence-corrected chi connectivity index (χ1v) is 8.98. The highest BCUT2D eigenvalue weighted by atomic mass is 35.5. The maximum atomic E-state index is 10.9. The Morgan fingerprint density at radius 2 is 1.64 bits per heavy atom. The monoisotopic (exact) mass is 393 g/mol.